The van der Waals surface area contributed by atoms with Crippen molar-refractivity contribution in [1.29, 1.82) is 0 Å². The van der Waals surface area contributed by atoms with Gasteiger partial charge in [-0.05, 0) is 262 Å². The molecule has 0 amide bonds. The summed E-state index contributed by atoms with van der Waals surface area (Å²) in [6.45, 7) is 0. The monoisotopic (exact) mass is 1420 g/mol. The second-order valence-corrected chi connectivity index (χ2v) is 44.1. The molecule has 0 N–H and O–H groups in total. The number of hydrogen-bond donors (Lipinski definition) is 0. The second kappa shape index (κ2) is 41.2. The summed E-state index contributed by atoms with van der Waals surface area (Å²) < 4.78 is 0. The molecule has 103 heavy (non-hydrogen) atoms. The zero-order chi connectivity index (χ0) is 69.2. The summed E-state index contributed by atoms with van der Waals surface area (Å²) in [6, 6.07) is 0. The van der Waals surface area contributed by atoms with Gasteiger partial charge < -0.3 is 0 Å². The summed E-state index contributed by atoms with van der Waals surface area (Å²) in [6.07, 6.45) is 117. The summed E-state index contributed by atoms with van der Waals surface area (Å²) in [5.74, 6) is 33.0. The highest BCUT2D eigenvalue weighted by atomic mass is 14.5. The highest BCUT2D eigenvalue weighted by Gasteiger charge is 2.47. The van der Waals surface area contributed by atoms with Crippen LogP contribution in [0.1, 0.15) is 482 Å². The van der Waals surface area contributed by atoms with Crippen LogP contribution in [0.5, 0.6) is 0 Å². The molecular formula is C103H178. The molecule has 0 bridgehead atoms. The predicted octanol–water partition coefficient (Wildman–Crippen LogP) is 32.7. The van der Waals surface area contributed by atoms with E-state index in [1.807, 2.05) is 0 Å². The van der Waals surface area contributed by atoms with Crippen LogP contribution >= 0.6 is 0 Å². The van der Waals surface area contributed by atoms with Gasteiger partial charge in [-0.1, -0.05) is 385 Å². The maximum atomic E-state index is 1.62. The van der Waals surface area contributed by atoms with Crippen molar-refractivity contribution in [2.45, 2.75) is 482 Å². The van der Waals surface area contributed by atoms with Crippen LogP contribution in [0.3, 0.4) is 0 Å². The second-order valence-electron chi connectivity index (χ2n) is 44.1. The topological polar surface area (TPSA) is 0 Å². The van der Waals surface area contributed by atoms with Gasteiger partial charge in [-0.2, -0.15) is 0 Å². The van der Waals surface area contributed by atoms with E-state index in [1.165, 1.54) is 222 Å². The fourth-order valence-electron chi connectivity index (χ4n) is 31.6. The van der Waals surface area contributed by atoms with Crippen LogP contribution in [0.15, 0.2) is 0 Å². The van der Waals surface area contributed by atoms with Gasteiger partial charge in [0.2, 0.25) is 0 Å². The molecule has 0 aliphatic heterocycles. The van der Waals surface area contributed by atoms with Gasteiger partial charge >= 0.3 is 0 Å². The molecule has 0 aromatic carbocycles. The first kappa shape index (κ1) is 78.3. The SMILES string of the molecule is C1CC2CC12.C1CC2CC2C1.C1CC2CCC2C1.C1CC2CCCC2C1.C1CC2CCCC3CCC(C1)C23.C1CCC2C(C1)CCC1CCCCC12.C1CCC2CC2C1.C1CCC2CC3CCCCC3CC2C1.C1CCC2CCCC2C1.C1CCC2CCCCC2C1.C1CCC2CCCCC2CC1. The average molecular weight is 1420 g/mol. The van der Waals surface area contributed by atoms with E-state index in [4.69, 9.17) is 0 Å². The minimum Gasteiger partial charge on any atom is -0.0533 e. The van der Waals surface area contributed by atoms with E-state index in [-0.39, 0.29) is 0 Å². The standard InChI is InChI=1S/2C14H24.C12H20.C11H20.C10H18.C9H16.C8H14.2C7H12.C6H10.C5H8/c1-3-7-13-11(5-1)9-10-12-6-2-4-8-14(12)13;1-2-6-12-10-14-8-4-3-7-13(14)9-11(12)5-1;1-3-9-4-2-6-11-8-7-10(5-1)12(9)11;1-2-6-10-8-4-5-9-11(10)7-3-1;1-2-6-10-8-4-3-7-9(10)5-1;1-2-5-9-7-3-6-8(9)4-1;1-3-7-5-2-6-8(7)4-1;1-2-6-4-5-7(6)3-1;1-2-4-7-5-6(7)3-1;1-2-5-4-6(5)3-1;1-2-5-3-4(1)5/h2*11-14H,1-10H2;9-12H,1-8H2;10-11H,1-9H2;9-10H,1-8H2;8-9H,1-7H2;7-8H,1-6H2;2*6-7H,1-5H2;5-6H,1-4H2;4-5H,1-3H2. The first-order chi connectivity index (χ1) is 51.1. The Bertz CT molecular complexity index is 2130. The van der Waals surface area contributed by atoms with E-state index in [1.54, 1.807) is 366 Å². The highest BCUT2D eigenvalue weighted by Crippen LogP contribution is 2.58. The molecule has 0 radical (unpaired) electrons. The van der Waals surface area contributed by atoms with Crippen LogP contribution < -0.4 is 0 Å². The molecule has 25 saturated carbocycles. The largest absolute Gasteiger partial charge is 0.0533 e. The molecule has 0 aromatic rings. The average Bonchev–Trinajstić information content (AvgIpc) is 1.78. The number of fused-ring (bicyclic) bond motifs is 13. The van der Waals surface area contributed by atoms with Crippen molar-refractivity contribution in [1.82, 2.24) is 0 Å². The summed E-state index contributed by atoms with van der Waals surface area (Å²) in [4.78, 5) is 0. The molecule has 25 aliphatic carbocycles. The molecule has 0 spiro atoms. The number of hydrogen-bond acceptors (Lipinski definition) is 0. The molecule has 22 unspecified atom stereocenters. The Hall–Kier alpha value is 0. The van der Waals surface area contributed by atoms with Crippen molar-refractivity contribution < 1.29 is 0 Å². The lowest BCUT2D eigenvalue weighted by atomic mass is 9.58. The molecule has 590 valence electrons. The maximum Gasteiger partial charge on any atom is -0.0329 e. The predicted molar refractivity (Wildman–Crippen MR) is 444 cm³/mol. The molecule has 25 fully saturated rings. The summed E-state index contributed by atoms with van der Waals surface area (Å²) >= 11 is 0. The van der Waals surface area contributed by atoms with Crippen molar-refractivity contribution in [2.24, 2.45) is 166 Å². The molecule has 0 heterocycles. The Morgan fingerprint density at radius 1 is 0.0777 bits per heavy atom. The highest BCUT2D eigenvalue weighted by molar-refractivity contribution is 4.98. The zero-order valence-electron chi connectivity index (χ0n) is 69.2. The van der Waals surface area contributed by atoms with E-state index in [9.17, 15) is 0 Å². The lowest BCUT2D eigenvalue weighted by molar-refractivity contribution is 0.0278. The van der Waals surface area contributed by atoms with Gasteiger partial charge in [-0.25, -0.2) is 0 Å². The quantitative estimate of drug-likeness (QED) is 0.227. The van der Waals surface area contributed by atoms with Gasteiger partial charge in [0.05, 0.1) is 0 Å². The van der Waals surface area contributed by atoms with Gasteiger partial charge in [0.15, 0.2) is 0 Å². The molecule has 0 nitrogen and oxygen atoms in total. The van der Waals surface area contributed by atoms with Crippen LogP contribution in [0.25, 0.3) is 0 Å². The van der Waals surface area contributed by atoms with Gasteiger partial charge in [0.25, 0.3) is 0 Å². The van der Waals surface area contributed by atoms with Crippen molar-refractivity contribution in [3.05, 3.63) is 0 Å². The smallest absolute Gasteiger partial charge is 0.0329 e. The Balaban J connectivity index is 0.0000000924. The maximum absolute atomic E-state index is 1.62. The summed E-state index contributed by atoms with van der Waals surface area (Å²) in [5.41, 5.74) is 0. The van der Waals surface area contributed by atoms with E-state index in [0.29, 0.717) is 0 Å². The van der Waals surface area contributed by atoms with Gasteiger partial charge in [-0.15, -0.1) is 0 Å². The van der Waals surface area contributed by atoms with Gasteiger partial charge in [-0.3, -0.25) is 0 Å². The van der Waals surface area contributed by atoms with E-state index < -0.39 is 0 Å². The Morgan fingerprint density at radius 3 is 0.427 bits per heavy atom. The first-order valence-electron chi connectivity index (χ1n) is 51.1. The Labute approximate surface area is 643 Å². The third-order valence-electron chi connectivity index (χ3n) is 38.3. The Morgan fingerprint density at radius 2 is 0.204 bits per heavy atom. The Kier molecular flexibility index (Phi) is 31.3. The van der Waals surface area contributed by atoms with Crippen molar-refractivity contribution in [3.8, 4) is 0 Å². The van der Waals surface area contributed by atoms with Gasteiger partial charge in [0.1, 0.15) is 0 Å². The van der Waals surface area contributed by atoms with Crippen molar-refractivity contribution >= 4 is 0 Å². The fourth-order valence-corrected chi connectivity index (χ4v) is 31.6. The van der Waals surface area contributed by atoms with Crippen molar-refractivity contribution in [3.63, 3.8) is 0 Å². The van der Waals surface area contributed by atoms with Crippen LogP contribution in [-0.2, 0) is 0 Å². The minimum atomic E-state index is 1.14. The van der Waals surface area contributed by atoms with Crippen molar-refractivity contribution in [2.75, 3.05) is 0 Å². The third-order valence-corrected chi connectivity index (χ3v) is 38.3. The van der Waals surface area contributed by atoms with Crippen LogP contribution in [0.4, 0.5) is 0 Å². The molecule has 0 saturated heterocycles. The molecular weight excluding hydrogens is 1240 g/mol. The van der Waals surface area contributed by atoms with E-state index in [2.05, 4.69) is 0 Å². The minimum absolute atomic E-state index is 1.14. The number of rotatable bonds is 0. The van der Waals surface area contributed by atoms with Crippen LogP contribution in [0, 0.1) is 166 Å². The van der Waals surface area contributed by atoms with Crippen LogP contribution in [0.2, 0.25) is 0 Å². The van der Waals surface area contributed by atoms with E-state index >= 15 is 0 Å². The normalized spacial score (nSPS) is 46.8. The molecule has 25 rings (SSSR count). The van der Waals surface area contributed by atoms with Gasteiger partial charge in [0, 0.05) is 0 Å². The molecule has 0 aromatic heterocycles. The van der Waals surface area contributed by atoms with E-state index in [0.717, 1.165) is 59.2 Å². The summed E-state index contributed by atoms with van der Waals surface area (Å²) in [5, 5.41) is 0. The lowest BCUT2D eigenvalue weighted by Gasteiger charge is -2.48. The zero-order valence-corrected chi connectivity index (χ0v) is 69.2. The molecule has 22 atom stereocenters. The third kappa shape index (κ3) is 22.9. The first-order valence-corrected chi connectivity index (χ1v) is 51.1. The fraction of sp³-hybridized carbons (Fsp3) is 1.00. The molecule has 0 heteroatoms. The summed E-state index contributed by atoms with van der Waals surface area (Å²) in [7, 11) is 0. The molecule has 25 aliphatic rings. The lowest BCUT2D eigenvalue weighted by Crippen LogP contribution is -2.38. The van der Waals surface area contributed by atoms with Crippen LogP contribution in [-0.4, -0.2) is 0 Å².